The number of esters is 1. The summed E-state index contributed by atoms with van der Waals surface area (Å²) in [6.07, 6.45) is 3.13. The molecule has 2 unspecified atom stereocenters. The Hall–Kier alpha value is -3.51. The Morgan fingerprint density at radius 3 is 2.44 bits per heavy atom. The first-order chi connectivity index (χ1) is 16.2. The fraction of sp³-hybridized carbons (Fsp3) is 0.364. The molecule has 5 rings (SSSR count). The number of piperidine rings is 1. The van der Waals surface area contributed by atoms with Crippen LogP contribution < -0.4 is 5.32 Å². The fourth-order valence-corrected chi connectivity index (χ4v) is 4.04. The van der Waals surface area contributed by atoms with E-state index in [2.05, 4.69) is 15.3 Å². The highest BCUT2D eigenvalue weighted by Gasteiger charge is 2.38. The van der Waals surface area contributed by atoms with E-state index in [1.165, 1.54) is 0 Å². The van der Waals surface area contributed by atoms with E-state index >= 15 is 0 Å². The van der Waals surface area contributed by atoms with Gasteiger partial charge < -0.3 is 19.9 Å². The van der Waals surface area contributed by atoms with E-state index in [1.54, 1.807) is 24.8 Å². The summed E-state index contributed by atoms with van der Waals surface area (Å²) in [4.78, 5) is 30.3. The molecule has 2 saturated heterocycles. The lowest BCUT2D eigenvalue weighted by Gasteiger charge is -2.39. The number of morpholine rings is 1. The average Bonchev–Trinajstić information content (AvgIpc) is 3.19. The summed E-state index contributed by atoms with van der Waals surface area (Å²) in [5.41, 5.74) is 1.46. The molecule has 3 aromatic rings. The minimum Gasteiger partial charge on any atom is -0.475 e. The van der Waals surface area contributed by atoms with Crippen molar-refractivity contribution < 1.29 is 37.3 Å². The lowest BCUT2D eigenvalue weighted by Crippen LogP contribution is -2.56. The third-order valence-electron chi connectivity index (χ3n) is 5.45. The molecule has 0 aliphatic carbocycles. The number of carbonyl (C=O) groups is 2. The molecule has 2 aliphatic heterocycles. The number of hydrogen-bond donors (Lipinski definition) is 2. The summed E-state index contributed by atoms with van der Waals surface area (Å²) in [6.45, 7) is 1.35. The van der Waals surface area contributed by atoms with E-state index in [4.69, 9.17) is 19.4 Å². The zero-order valence-corrected chi connectivity index (χ0v) is 17.7. The maximum absolute atomic E-state index is 13.0. The summed E-state index contributed by atoms with van der Waals surface area (Å²) in [5, 5.41) is 11.5. The molecule has 0 amide bonds. The number of carboxylic acid groups (broad SMARTS) is 1. The van der Waals surface area contributed by atoms with E-state index in [-0.39, 0.29) is 24.2 Å². The smallest absolute Gasteiger partial charge is 0.475 e. The van der Waals surface area contributed by atoms with Crippen LogP contribution in [0.25, 0.3) is 16.7 Å². The largest absolute Gasteiger partial charge is 0.490 e. The number of nitrogens with one attached hydrogen (secondary N) is 1. The number of alkyl halides is 3. The van der Waals surface area contributed by atoms with E-state index in [0.717, 1.165) is 23.7 Å². The maximum Gasteiger partial charge on any atom is 0.490 e. The summed E-state index contributed by atoms with van der Waals surface area (Å²) in [6, 6.07) is 8.29. The van der Waals surface area contributed by atoms with Crippen LogP contribution in [0.2, 0.25) is 0 Å². The number of hydrogen-bond acceptors (Lipinski definition) is 7. The number of carbonyl (C=O) groups excluding carboxylic acids is 1. The highest BCUT2D eigenvalue weighted by molar-refractivity contribution is 6.04. The Morgan fingerprint density at radius 2 is 1.82 bits per heavy atom. The first-order valence-corrected chi connectivity index (χ1v) is 10.4. The second kappa shape index (κ2) is 9.77. The molecule has 12 heteroatoms. The third-order valence-corrected chi connectivity index (χ3v) is 5.45. The zero-order chi connectivity index (χ0) is 24.3. The number of aliphatic carboxylic acids is 1. The van der Waals surface area contributed by atoms with Crippen molar-refractivity contribution in [2.24, 2.45) is 0 Å². The first-order valence-electron chi connectivity index (χ1n) is 10.4. The summed E-state index contributed by atoms with van der Waals surface area (Å²) in [5.74, 6) is -2.38. The topological polar surface area (TPSA) is 116 Å². The number of benzene rings is 1. The Labute approximate surface area is 191 Å². The Morgan fingerprint density at radius 1 is 1.15 bits per heavy atom. The predicted octanol–water partition coefficient (Wildman–Crippen LogP) is 2.73. The molecule has 0 spiro atoms. The second-order valence-corrected chi connectivity index (χ2v) is 7.89. The van der Waals surface area contributed by atoms with Gasteiger partial charge in [0.25, 0.3) is 0 Å². The van der Waals surface area contributed by atoms with Crippen LogP contribution in [-0.2, 0) is 14.3 Å². The van der Waals surface area contributed by atoms with E-state index in [9.17, 15) is 18.0 Å². The van der Waals surface area contributed by atoms with Crippen LogP contribution in [0, 0.1) is 0 Å². The van der Waals surface area contributed by atoms with Crippen molar-refractivity contribution in [3.63, 3.8) is 0 Å². The molecule has 34 heavy (non-hydrogen) atoms. The minimum absolute atomic E-state index is 0.0868. The monoisotopic (exact) mass is 478 g/mol. The van der Waals surface area contributed by atoms with Gasteiger partial charge >= 0.3 is 18.1 Å². The lowest BCUT2D eigenvalue weighted by atomic mass is 9.94. The van der Waals surface area contributed by atoms with Gasteiger partial charge in [-0.2, -0.15) is 13.2 Å². The molecular formula is C22H21F3N4O5. The average molecular weight is 478 g/mol. The van der Waals surface area contributed by atoms with Crippen LogP contribution >= 0.6 is 0 Å². The third kappa shape index (κ3) is 5.34. The fourth-order valence-electron chi connectivity index (χ4n) is 4.04. The molecule has 2 aromatic heterocycles. The van der Waals surface area contributed by atoms with Crippen molar-refractivity contribution >= 4 is 22.8 Å². The van der Waals surface area contributed by atoms with Crippen molar-refractivity contribution in [1.29, 1.82) is 0 Å². The van der Waals surface area contributed by atoms with Gasteiger partial charge in [0.05, 0.1) is 30.5 Å². The molecular weight excluding hydrogens is 457 g/mol. The van der Waals surface area contributed by atoms with Gasteiger partial charge in [-0.15, -0.1) is 0 Å². The van der Waals surface area contributed by atoms with Crippen molar-refractivity contribution in [3.05, 3.63) is 54.6 Å². The molecule has 0 radical (unpaired) electrons. The van der Waals surface area contributed by atoms with Crippen molar-refractivity contribution in [2.75, 3.05) is 13.2 Å². The molecule has 1 aromatic carbocycles. The van der Waals surface area contributed by atoms with E-state index in [1.807, 2.05) is 28.8 Å². The molecule has 4 heterocycles. The van der Waals surface area contributed by atoms with Crippen LogP contribution in [0.15, 0.2) is 49.1 Å². The van der Waals surface area contributed by atoms with Gasteiger partial charge in [-0.25, -0.2) is 14.6 Å². The zero-order valence-electron chi connectivity index (χ0n) is 17.7. The van der Waals surface area contributed by atoms with Gasteiger partial charge in [-0.05, 0) is 6.07 Å². The van der Waals surface area contributed by atoms with Crippen molar-refractivity contribution in [1.82, 2.24) is 19.9 Å². The highest BCUT2D eigenvalue weighted by atomic mass is 19.4. The van der Waals surface area contributed by atoms with Gasteiger partial charge in [0.2, 0.25) is 0 Å². The Kier molecular flexibility index (Phi) is 6.80. The molecule has 2 fully saturated rings. The Bertz CT molecular complexity index is 1160. The molecule has 9 nitrogen and oxygen atoms in total. The van der Waals surface area contributed by atoms with Gasteiger partial charge in [0.1, 0.15) is 6.10 Å². The quantitative estimate of drug-likeness (QED) is 0.553. The number of para-hydroxylation sites is 1. The molecule has 2 aliphatic rings. The number of rotatable bonds is 3. The lowest BCUT2D eigenvalue weighted by molar-refractivity contribution is -0.192. The molecule has 2 bridgehead atoms. The van der Waals surface area contributed by atoms with Crippen LogP contribution in [-0.4, -0.2) is 69.2 Å². The van der Waals surface area contributed by atoms with E-state index < -0.39 is 12.1 Å². The van der Waals surface area contributed by atoms with Gasteiger partial charge in [-0.1, -0.05) is 18.2 Å². The number of aromatic nitrogens is 3. The number of ether oxygens (including phenoxy) is 2. The first kappa shape index (κ1) is 23.6. The van der Waals surface area contributed by atoms with Crippen LogP contribution in [0.5, 0.6) is 0 Å². The molecule has 2 N–H and O–H groups in total. The second-order valence-electron chi connectivity index (χ2n) is 7.89. The number of nitrogens with zero attached hydrogens (tertiary/aromatic N) is 3. The predicted molar refractivity (Wildman–Crippen MR) is 113 cm³/mol. The molecule has 180 valence electrons. The highest BCUT2D eigenvalue weighted by Crippen LogP contribution is 2.27. The SMILES string of the molecule is O=C(O)C(F)(F)F.O=C(OC1CC2COCC(C1)N2)c1cn(-c2cnccn2)c2ccccc12. The van der Waals surface area contributed by atoms with Crippen LogP contribution in [0.3, 0.4) is 0 Å². The van der Waals surface area contributed by atoms with Gasteiger partial charge in [-0.3, -0.25) is 9.55 Å². The number of halogens is 3. The van der Waals surface area contributed by atoms with Crippen LogP contribution in [0.4, 0.5) is 13.2 Å². The number of fused-ring (bicyclic) bond motifs is 3. The maximum atomic E-state index is 13.0. The van der Waals surface area contributed by atoms with Gasteiger partial charge in [0, 0.05) is 48.9 Å². The van der Waals surface area contributed by atoms with Gasteiger partial charge in [0.15, 0.2) is 5.82 Å². The standard InChI is InChI=1S/C20H20N4O3.C2HF3O2/c25-20(27-15-7-13-11-26-12-14(8-15)23-13)17-10-24(19-9-21-5-6-22-19)18-4-2-1-3-16(17)18;3-2(4,5)1(6)7/h1-6,9-10,13-15,23H,7-8,11-12H2;(H,6,7). The number of carboxylic acids is 1. The summed E-state index contributed by atoms with van der Waals surface area (Å²) in [7, 11) is 0. The summed E-state index contributed by atoms with van der Waals surface area (Å²) >= 11 is 0. The normalized spacial score (nSPS) is 21.9. The van der Waals surface area contributed by atoms with Crippen molar-refractivity contribution in [2.45, 2.75) is 37.2 Å². The Balaban J connectivity index is 0.000000344. The van der Waals surface area contributed by atoms with E-state index in [0.29, 0.717) is 24.6 Å². The summed E-state index contributed by atoms with van der Waals surface area (Å²) < 4.78 is 45.1. The molecule has 2 atom stereocenters. The van der Waals surface area contributed by atoms with Crippen molar-refractivity contribution in [3.8, 4) is 5.82 Å². The molecule has 0 saturated carbocycles. The van der Waals surface area contributed by atoms with Crippen LogP contribution in [0.1, 0.15) is 23.2 Å². The minimum atomic E-state index is -5.08.